The summed E-state index contributed by atoms with van der Waals surface area (Å²) in [4.78, 5) is 10.3. The van der Waals surface area contributed by atoms with Crippen molar-refractivity contribution in [1.82, 2.24) is 4.72 Å². The molecule has 1 unspecified atom stereocenters. The van der Waals surface area contributed by atoms with Crippen molar-refractivity contribution < 1.29 is 18.3 Å². The highest BCUT2D eigenvalue weighted by Crippen LogP contribution is 1.97. The molecule has 5 nitrogen and oxygen atoms in total. The molecular weight excluding hydrogens is 182 g/mol. The van der Waals surface area contributed by atoms with E-state index >= 15 is 0 Å². The number of rotatable bonds is 5. The van der Waals surface area contributed by atoms with E-state index in [2.05, 4.69) is 4.72 Å². The quantitative estimate of drug-likeness (QED) is 0.635. The monoisotopic (exact) mass is 195 g/mol. The SMILES string of the molecule is CCCNS(=O)(=O)C(C)C(=O)O. The van der Waals surface area contributed by atoms with Gasteiger partial charge in [0.15, 0.2) is 5.25 Å². The summed E-state index contributed by atoms with van der Waals surface area (Å²) in [6.07, 6.45) is 0.644. The van der Waals surface area contributed by atoms with Gasteiger partial charge in [-0.15, -0.1) is 0 Å². The molecule has 0 aromatic rings. The first-order valence-electron chi connectivity index (χ1n) is 3.63. The van der Waals surface area contributed by atoms with Crippen LogP contribution in [0.2, 0.25) is 0 Å². The Morgan fingerprint density at radius 1 is 1.58 bits per heavy atom. The molecule has 0 fully saturated rings. The number of hydrogen-bond donors (Lipinski definition) is 2. The molecule has 0 spiro atoms. The first-order valence-corrected chi connectivity index (χ1v) is 5.17. The number of nitrogens with one attached hydrogen (secondary N) is 1. The molecule has 0 saturated heterocycles. The third kappa shape index (κ3) is 3.19. The summed E-state index contributed by atoms with van der Waals surface area (Å²) >= 11 is 0. The fourth-order valence-corrected chi connectivity index (χ4v) is 1.51. The highest BCUT2D eigenvalue weighted by atomic mass is 32.2. The van der Waals surface area contributed by atoms with Gasteiger partial charge in [-0.2, -0.15) is 0 Å². The summed E-state index contributed by atoms with van der Waals surface area (Å²) in [5.74, 6) is -1.33. The number of hydrogen-bond acceptors (Lipinski definition) is 3. The van der Waals surface area contributed by atoms with Crippen LogP contribution in [-0.2, 0) is 14.8 Å². The minimum atomic E-state index is -3.67. The van der Waals surface area contributed by atoms with Gasteiger partial charge in [0.25, 0.3) is 0 Å². The second kappa shape index (κ2) is 4.42. The standard InChI is InChI=1S/C6H13NO4S/c1-3-4-7-12(10,11)5(2)6(8)9/h5,7H,3-4H2,1-2H3,(H,8,9). The van der Waals surface area contributed by atoms with Gasteiger partial charge in [0.2, 0.25) is 10.0 Å². The van der Waals surface area contributed by atoms with Gasteiger partial charge in [0.05, 0.1) is 0 Å². The van der Waals surface area contributed by atoms with Crippen LogP contribution < -0.4 is 4.72 Å². The van der Waals surface area contributed by atoms with E-state index in [1.54, 1.807) is 6.92 Å². The minimum absolute atomic E-state index is 0.278. The van der Waals surface area contributed by atoms with E-state index in [9.17, 15) is 13.2 Å². The molecule has 0 amide bonds. The van der Waals surface area contributed by atoms with Gasteiger partial charge in [-0.1, -0.05) is 6.92 Å². The Balaban J connectivity index is 4.31. The zero-order valence-electron chi connectivity index (χ0n) is 7.07. The average Bonchev–Trinajstić information content (AvgIpc) is 1.99. The summed E-state index contributed by atoms with van der Waals surface area (Å²) in [7, 11) is -3.67. The number of sulfonamides is 1. The molecule has 0 saturated carbocycles. The summed E-state index contributed by atoms with van der Waals surface area (Å²) in [6, 6.07) is 0. The van der Waals surface area contributed by atoms with Gasteiger partial charge >= 0.3 is 5.97 Å². The van der Waals surface area contributed by atoms with Gasteiger partial charge in [-0.25, -0.2) is 13.1 Å². The van der Waals surface area contributed by atoms with Crippen molar-refractivity contribution in [3.05, 3.63) is 0 Å². The molecule has 0 radical (unpaired) electrons. The fourth-order valence-electron chi connectivity index (χ4n) is 0.502. The Bertz CT molecular complexity index is 246. The van der Waals surface area contributed by atoms with Crippen molar-refractivity contribution in [1.29, 1.82) is 0 Å². The van der Waals surface area contributed by atoms with E-state index < -0.39 is 21.2 Å². The van der Waals surface area contributed by atoms with Crippen molar-refractivity contribution in [3.63, 3.8) is 0 Å². The molecule has 0 aromatic carbocycles. The van der Waals surface area contributed by atoms with Crippen molar-refractivity contribution in [2.45, 2.75) is 25.5 Å². The molecule has 0 aliphatic heterocycles. The Kier molecular flexibility index (Phi) is 4.19. The van der Waals surface area contributed by atoms with E-state index in [4.69, 9.17) is 5.11 Å². The van der Waals surface area contributed by atoms with Crippen LogP contribution in [0, 0.1) is 0 Å². The number of carboxylic acid groups (broad SMARTS) is 1. The molecular formula is C6H13NO4S. The van der Waals surface area contributed by atoms with E-state index in [0.717, 1.165) is 6.92 Å². The average molecular weight is 195 g/mol. The van der Waals surface area contributed by atoms with E-state index in [-0.39, 0.29) is 6.54 Å². The fraction of sp³-hybridized carbons (Fsp3) is 0.833. The zero-order valence-corrected chi connectivity index (χ0v) is 7.89. The molecule has 12 heavy (non-hydrogen) atoms. The van der Waals surface area contributed by atoms with Crippen LogP contribution in [0.4, 0.5) is 0 Å². The van der Waals surface area contributed by atoms with Gasteiger partial charge in [-0.05, 0) is 13.3 Å². The van der Waals surface area contributed by atoms with Crippen LogP contribution in [0.5, 0.6) is 0 Å². The lowest BCUT2D eigenvalue weighted by Crippen LogP contribution is -2.37. The lowest BCUT2D eigenvalue weighted by molar-refractivity contribution is -0.136. The third-order valence-corrected chi connectivity index (χ3v) is 3.11. The van der Waals surface area contributed by atoms with Crippen LogP contribution >= 0.6 is 0 Å². The topological polar surface area (TPSA) is 83.5 Å². The molecule has 2 N–H and O–H groups in total. The van der Waals surface area contributed by atoms with Crippen LogP contribution in [0.25, 0.3) is 0 Å². The van der Waals surface area contributed by atoms with Crippen LogP contribution in [0.15, 0.2) is 0 Å². The smallest absolute Gasteiger partial charge is 0.323 e. The van der Waals surface area contributed by atoms with Gasteiger partial charge in [0, 0.05) is 6.54 Å². The number of carboxylic acids is 1. The molecule has 0 aliphatic carbocycles. The Morgan fingerprint density at radius 3 is 2.42 bits per heavy atom. The first kappa shape index (κ1) is 11.4. The molecule has 6 heteroatoms. The van der Waals surface area contributed by atoms with Crippen LogP contribution in [0.3, 0.4) is 0 Å². The van der Waals surface area contributed by atoms with Crippen LogP contribution in [-0.4, -0.2) is 31.3 Å². The predicted octanol–water partition coefficient (Wildman–Crippen LogP) is -0.211. The normalized spacial score (nSPS) is 14.2. The highest BCUT2D eigenvalue weighted by molar-refractivity contribution is 7.90. The summed E-state index contributed by atoms with van der Waals surface area (Å²) in [6.45, 7) is 3.22. The summed E-state index contributed by atoms with van der Waals surface area (Å²) in [5.41, 5.74) is 0. The third-order valence-electron chi connectivity index (χ3n) is 1.37. The number of aliphatic carboxylic acids is 1. The Labute approximate surface area is 71.8 Å². The second-order valence-corrected chi connectivity index (χ2v) is 4.51. The Hall–Kier alpha value is -0.620. The molecule has 1 atom stereocenters. The molecule has 0 rings (SSSR count). The largest absolute Gasteiger partial charge is 0.480 e. The van der Waals surface area contributed by atoms with Crippen molar-refractivity contribution >= 4 is 16.0 Å². The van der Waals surface area contributed by atoms with Gasteiger partial charge in [-0.3, -0.25) is 4.79 Å². The van der Waals surface area contributed by atoms with E-state index in [0.29, 0.717) is 6.42 Å². The van der Waals surface area contributed by atoms with E-state index in [1.165, 1.54) is 0 Å². The maximum Gasteiger partial charge on any atom is 0.323 e. The number of carbonyl (C=O) groups is 1. The maximum atomic E-state index is 11.0. The first-order chi connectivity index (χ1) is 5.41. The second-order valence-electron chi connectivity index (χ2n) is 2.42. The molecule has 0 aliphatic rings. The van der Waals surface area contributed by atoms with Crippen molar-refractivity contribution in [2.75, 3.05) is 6.54 Å². The van der Waals surface area contributed by atoms with Gasteiger partial charge < -0.3 is 5.11 Å². The summed E-state index contributed by atoms with van der Waals surface area (Å²) in [5, 5.41) is 7.01. The molecule has 0 heterocycles. The van der Waals surface area contributed by atoms with Gasteiger partial charge in [0.1, 0.15) is 0 Å². The molecule has 72 valence electrons. The predicted molar refractivity (Wildman–Crippen MR) is 44.3 cm³/mol. The lowest BCUT2D eigenvalue weighted by atomic mass is 10.5. The van der Waals surface area contributed by atoms with Crippen molar-refractivity contribution in [2.24, 2.45) is 0 Å². The summed E-state index contributed by atoms with van der Waals surface area (Å²) < 4.78 is 24.3. The van der Waals surface area contributed by atoms with E-state index in [1.807, 2.05) is 0 Å². The molecule has 0 bridgehead atoms. The van der Waals surface area contributed by atoms with Crippen molar-refractivity contribution in [3.8, 4) is 0 Å². The highest BCUT2D eigenvalue weighted by Gasteiger charge is 2.26. The maximum absolute atomic E-state index is 11.0. The zero-order chi connectivity index (χ0) is 9.78. The Morgan fingerprint density at radius 2 is 2.08 bits per heavy atom. The lowest BCUT2D eigenvalue weighted by Gasteiger charge is -2.08. The van der Waals surface area contributed by atoms with Crippen LogP contribution in [0.1, 0.15) is 20.3 Å². The minimum Gasteiger partial charge on any atom is -0.480 e. The molecule has 0 aromatic heterocycles.